The zero-order valence-electron chi connectivity index (χ0n) is 11.6. The molecule has 112 valence electrons. The average Bonchev–Trinajstić information content (AvgIpc) is 2.98. The lowest BCUT2D eigenvalue weighted by atomic mass is 9.83. The summed E-state index contributed by atoms with van der Waals surface area (Å²) in [7, 11) is 0. The van der Waals surface area contributed by atoms with Gasteiger partial charge in [0.05, 0.1) is 11.5 Å². The number of hydrogen-bond donors (Lipinski definition) is 3. The quantitative estimate of drug-likeness (QED) is 0.684. The summed E-state index contributed by atoms with van der Waals surface area (Å²) in [5.41, 5.74) is -0.810. The number of carboxylic acids is 1. The molecule has 3 amide bonds. The predicted octanol–water partition coefficient (Wildman–Crippen LogP) is 0.161. The molecule has 0 aromatic carbocycles. The molecule has 0 spiro atoms. The van der Waals surface area contributed by atoms with Crippen molar-refractivity contribution in [1.29, 1.82) is 0 Å². The molecule has 0 bridgehead atoms. The number of likely N-dealkylation sites (tertiary alicyclic amines) is 1. The van der Waals surface area contributed by atoms with Gasteiger partial charge in [0.25, 0.3) is 0 Å². The molecule has 2 heterocycles. The number of urea groups is 1. The van der Waals surface area contributed by atoms with Crippen LogP contribution < -0.4 is 10.6 Å². The van der Waals surface area contributed by atoms with Crippen LogP contribution in [-0.2, 0) is 9.59 Å². The summed E-state index contributed by atoms with van der Waals surface area (Å²) in [6.45, 7) is 3.09. The number of nitrogens with one attached hydrogen (secondary N) is 2. The molecule has 3 N–H and O–H groups in total. The Morgan fingerprint density at radius 1 is 1.55 bits per heavy atom. The second-order valence-corrected chi connectivity index (χ2v) is 5.66. The van der Waals surface area contributed by atoms with E-state index >= 15 is 0 Å². The van der Waals surface area contributed by atoms with Crippen molar-refractivity contribution in [3.63, 3.8) is 0 Å². The Kier molecular flexibility index (Phi) is 4.15. The third-order valence-electron chi connectivity index (χ3n) is 4.13. The summed E-state index contributed by atoms with van der Waals surface area (Å²) in [6.07, 6.45) is 2.14. The third kappa shape index (κ3) is 2.86. The highest BCUT2D eigenvalue weighted by atomic mass is 16.4. The van der Waals surface area contributed by atoms with Crippen LogP contribution in [0.4, 0.5) is 4.79 Å². The molecule has 2 fully saturated rings. The van der Waals surface area contributed by atoms with Gasteiger partial charge in [-0.3, -0.25) is 9.59 Å². The minimum absolute atomic E-state index is 0.0670. The van der Waals surface area contributed by atoms with Gasteiger partial charge in [0, 0.05) is 26.1 Å². The van der Waals surface area contributed by atoms with Crippen LogP contribution in [0.25, 0.3) is 0 Å². The number of carboxylic acid groups (broad SMARTS) is 1. The predicted molar refractivity (Wildman–Crippen MR) is 71.1 cm³/mol. The minimum atomic E-state index is -0.827. The number of hydrogen-bond acceptors (Lipinski definition) is 3. The number of nitrogens with zero attached hydrogens (tertiary/aromatic N) is 1. The molecular weight excluding hydrogens is 262 g/mol. The summed E-state index contributed by atoms with van der Waals surface area (Å²) >= 11 is 0. The molecule has 2 aliphatic heterocycles. The molecule has 2 unspecified atom stereocenters. The van der Waals surface area contributed by atoms with E-state index in [1.807, 2.05) is 6.92 Å². The molecule has 0 radical (unpaired) electrons. The first-order valence-electron chi connectivity index (χ1n) is 7.02. The zero-order valence-corrected chi connectivity index (χ0v) is 11.6. The van der Waals surface area contributed by atoms with Crippen molar-refractivity contribution < 1.29 is 19.5 Å². The average molecular weight is 283 g/mol. The molecule has 2 saturated heterocycles. The Bertz CT molecular complexity index is 426. The van der Waals surface area contributed by atoms with Crippen molar-refractivity contribution in [2.75, 3.05) is 19.6 Å². The van der Waals surface area contributed by atoms with E-state index in [0.717, 1.165) is 6.42 Å². The monoisotopic (exact) mass is 283 g/mol. The Hall–Kier alpha value is -1.79. The van der Waals surface area contributed by atoms with Crippen LogP contribution in [0.15, 0.2) is 0 Å². The van der Waals surface area contributed by atoms with Gasteiger partial charge >= 0.3 is 12.0 Å². The maximum atomic E-state index is 12.1. The Morgan fingerprint density at radius 2 is 2.30 bits per heavy atom. The molecule has 20 heavy (non-hydrogen) atoms. The van der Waals surface area contributed by atoms with E-state index < -0.39 is 11.4 Å². The molecule has 0 aliphatic carbocycles. The van der Waals surface area contributed by atoms with Crippen molar-refractivity contribution in [3.8, 4) is 0 Å². The van der Waals surface area contributed by atoms with Gasteiger partial charge in [0.15, 0.2) is 0 Å². The van der Waals surface area contributed by atoms with Gasteiger partial charge in [0.2, 0.25) is 5.91 Å². The van der Waals surface area contributed by atoms with Gasteiger partial charge in [-0.25, -0.2) is 4.79 Å². The van der Waals surface area contributed by atoms with Crippen LogP contribution in [0.2, 0.25) is 0 Å². The number of carbonyl (C=O) groups is 3. The molecule has 0 aromatic rings. The fourth-order valence-corrected chi connectivity index (χ4v) is 2.98. The van der Waals surface area contributed by atoms with Gasteiger partial charge in [-0.1, -0.05) is 13.3 Å². The van der Waals surface area contributed by atoms with Crippen LogP contribution in [-0.4, -0.2) is 53.6 Å². The highest BCUT2D eigenvalue weighted by Gasteiger charge is 2.45. The van der Waals surface area contributed by atoms with E-state index in [0.29, 0.717) is 32.4 Å². The van der Waals surface area contributed by atoms with Crippen molar-refractivity contribution in [1.82, 2.24) is 15.5 Å². The Labute approximate surface area is 117 Å². The van der Waals surface area contributed by atoms with Gasteiger partial charge < -0.3 is 20.6 Å². The zero-order chi connectivity index (χ0) is 14.8. The number of rotatable bonds is 4. The van der Waals surface area contributed by atoms with E-state index in [1.54, 1.807) is 4.90 Å². The lowest BCUT2D eigenvalue weighted by molar-refractivity contribution is -0.148. The summed E-state index contributed by atoms with van der Waals surface area (Å²) in [5.74, 6) is -0.894. The second kappa shape index (κ2) is 5.68. The normalized spacial score (nSPS) is 29.4. The van der Waals surface area contributed by atoms with Crippen LogP contribution in [0.1, 0.15) is 32.6 Å². The molecular formula is C13H21N3O4. The van der Waals surface area contributed by atoms with Gasteiger partial charge in [0.1, 0.15) is 0 Å². The fourth-order valence-electron chi connectivity index (χ4n) is 2.98. The lowest BCUT2D eigenvalue weighted by Crippen LogP contribution is -2.46. The van der Waals surface area contributed by atoms with E-state index in [9.17, 15) is 19.5 Å². The van der Waals surface area contributed by atoms with Gasteiger partial charge in [-0.15, -0.1) is 0 Å². The number of amides is 3. The van der Waals surface area contributed by atoms with Crippen LogP contribution in [0.3, 0.4) is 0 Å². The van der Waals surface area contributed by atoms with E-state index in [-0.39, 0.29) is 24.5 Å². The molecule has 0 saturated carbocycles. The van der Waals surface area contributed by atoms with Crippen molar-refractivity contribution in [2.24, 2.45) is 5.41 Å². The van der Waals surface area contributed by atoms with Crippen LogP contribution >= 0.6 is 0 Å². The maximum Gasteiger partial charge on any atom is 0.317 e. The number of carbonyl (C=O) groups excluding carboxylic acids is 2. The minimum Gasteiger partial charge on any atom is -0.481 e. The smallest absolute Gasteiger partial charge is 0.317 e. The van der Waals surface area contributed by atoms with Gasteiger partial charge in [-0.2, -0.15) is 0 Å². The van der Waals surface area contributed by atoms with E-state index in [4.69, 9.17) is 0 Å². The summed E-state index contributed by atoms with van der Waals surface area (Å²) in [4.78, 5) is 36.2. The van der Waals surface area contributed by atoms with Gasteiger partial charge in [-0.05, 0) is 12.8 Å². The second-order valence-electron chi connectivity index (χ2n) is 5.66. The highest BCUT2D eigenvalue weighted by molar-refractivity contribution is 5.82. The van der Waals surface area contributed by atoms with Crippen LogP contribution in [0.5, 0.6) is 0 Å². The summed E-state index contributed by atoms with van der Waals surface area (Å²) in [6, 6.07) is -0.466. The fraction of sp³-hybridized carbons (Fsp3) is 0.769. The first-order chi connectivity index (χ1) is 9.47. The summed E-state index contributed by atoms with van der Waals surface area (Å²) in [5, 5.41) is 14.8. The largest absolute Gasteiger partial charge is 0.481 e. The molecule has 7 heteroatoms. The first-order valence-corrected chi connectivity index (χ1v) is 7.02. The van der Waals surface area contributed by atoms with Crippen molar-refractivity contribution in [2.45, 2.75) is 38.6 Å². The Morgan fingerprint density at radius 3 is 2.85 bits per heavy atom. The van der Waals surface area contributed by atoms with Crippen LogP contribution in [0, 0.1) is 5.41 Å². The van der Waals surface area contributed by atoms with Crippen molar-refractivity contribution >= 4 is 17.9 Å². The van der Waals surface area contributed by atoms with Crippen molar-refractivity contribution in [3.05, 3.63) is 0 Å². The molecule has 2 aliphatic rings. The molecule has 2 atom stereocenters. The molecule has 7 nitrogen and oxygen atoms in total. The topological polar surface area (TPSA) is 98.7 Å². The van der Waals surface area contributed by atoms with E-state index in [1.165, 1.54) is 0 Å². The maximum absolute atomic E-state index is 12.1. The Balaban J connectivity index is 1.92. The number of aliphatic carboxylic acids is 1. The molecule has 2 rings (SSSR count). The highest BCUT2D eigenvalue weighted by Crippen LogP contribution is 2.35. The standard InChI is InChI=1S/C13H21N3O4/c1-2-3-13(11(18)19)4-5-16(8-13)12(20)15-9-6-10(17)14-7-9/h9H,2-8H2,1H3,(H,14,17)(H,15,20)(H,18,19). The van der Waals surface area contributed by atoms with E-state index in [2.05, 4.69) is 10.6 Å². The lowest BCUT2D eigenvalue weighted by Gasteiger charge is -2.25. The molecule has 0 aromatic heterocycles. The first kappa shape index (κ1) is 14.6. The SMILES string of the molecule is CCCC1(C(=O)O)CCN(C(=O)NC2CNC(=O)C2)C1. The summed E-state index contributed by atoms with van der Waals surface area (Å²) < 4.78 is 0. The third-order valence-corrected chi connectivity index (χ3v) is 4.13.